The molecule has 0 aromatic heterocycles. The molecule has 0 fully saturated rings. The SMILES string of the molecule is COc1cc2c(cc1C(C)C)CCC1C(C)=C(C(=O)O)CCC21C. The predicted molar refractivity (Wildman–Crippen MR) is 95.8 cm³/mol. The minimum atomic E-state index is -0.743. The van der Waals surface area contributed by atoms with Crippen molar-refractivity contribution in [3.63, 3.8) is 0 Å². The van der Waals surface area contributed by atoms with Gasteiger partial charge in [0.1, 0.15) is 5.75 Å². The number of hydrogen-bond donors (Lipinski definition) is 1. The highest BCUT2D eigenvalue weighted by Gasteiger charge is 2.45. The molecular weight excluding hydrogens is 300 g/mol. The molecular formula is C21H28O3. The molecule has 0 amide bonds. The van der Waals surface area contributed by atoms with Crippen LogP contribution in [-0.2, 0) is 16.6 Å². The number of ether oxygens (including phenoxy) is 1. The van der Waals surface area contributed by atoms with E-state index in [-0.39, 0.29) is 5.41 Å². The molecule has 2 aliphatic rings. The maximum atomic E-state index is 11.5. The summed E-state index contributed by atoms with van der Waals surface area (Å²) < 4.78 is 5.68. The van der Waals surface area contributed by atoms with Crippen LogP contribution in [0.1, 0.15) is 69.6 Å². The van der Waals surface area contributed by atoms with Gasteiger partial charge in [-0.3, -0.25) is 0 Å². The standard InChI is InChI=1S/C21H28O3/c1-12(2)16-10-14-6-7-17-13(3)15(20(22)23)8-9-21(17,4)18(14)11-19(16)24-5/h10-12,17H,6-9H2,1-5H3,(H,22,23). The van der Waals surface area contributed by atoms with Crippen LogP contribution in [0.15, 0.2) is 23.3 Å². The Balaban J connectivity index is 2.13. The van der Waals surface area contributed by atoms with Gasteiger partial charge in [-0.05, 0) is 72.6 Å². The van der Waals surface area contributed by atoms with Gasteiger partial charge in [0.25, 0.3) is 0 Å². The molecule has 0 heterocycles. The Labute approximate surface area is 144 Å². The zero-order valence-electron chi connectivity index (χ0n) is 15.4. The van der Waals surface area contributed by atoms with E-state index in [1.165, 1.54) is 16.7 Å². The Bertz CT molecular complexity index is 714. The summed E-state index contributed by atoms with van der Waals surface area (Å²) in [5.41, 5.74) is 5.78. The molecule has 2 unspecified atom stereocenters. The normalized spacial score (nSPS) is 26.2. The fraction of sp³-hybridized carbons (Fsp3) is 0.571. The van der Waals surface area contributed by atoms with E-state index in [1.54, 1.807) is 7.11 Å². The average molecular weight is 328 g/mol. The van der Waals surface area contributed by atoms with E-state index in [2.05, 4.69) is 32.9 Å². The number of benzene rings is 1. The van der Waals surface area contributed by atoms with Crippen LogP contribution in [0, 0.1) is 5.92 Å². The van der Waals surface area contributed by atoms with Crippen molar-refractivity contribution in [2.24, 2.45) is 5.92 Å². The quantitative estimate of drug-likeness (QED) is 0.864. The minimum Gasteiger partial charge on any atom is -0.496 e. The Morgan fingerprint density at radius 2 is 2.04 bits per heavy atom. The highest BCUT2D eigenvalue weighted by Crippen LogP contribution is 2.53. The zero-order valence-corrected chi connectivity index (χ0v) is 15.4. The van der Waals surface area contributed by atoms with Gasteiger partial charge in [-0.15, -0.1) is 0 Å². The second kappa shape index (κ2) is 5.94. The molecule has 1 aromatic rings. The summed E-state index contributed by atoms with van der Waals surface area (Å²) in [5.74, 6) is 0.978. The highest BCUT2D eigenvalue weighted by atomic mass is 16.5. The molecule has 0 spiro atoms. The van der Waals surface area contributed by atoms with E-state index in [0.29, 0.717) is 23.8 Å². The molecule has 3 nitrogen and oxygen atoms in total. The molecule has 0 bridgehead atoms. The first kappa shape index (κ1) is 17.1. The molecule has 130 valence electrons. The molecule has 24 heavy (non-hydrogen) atoms. The van der Waals surface area contributed by atoms with Crippen LogP contribution in [0.5, 0.6) is 5.75 Å². The molecule has 1 aromatic carbocycles. The molecule has 3 heteroatoms. The van der Waals surface area contributed by atoms with Crippen molar-refractivity contribution in [3.8, 4) is 5.75 Å². The van der Waals surface area contributed by atoms with Gasteiger partial charge in [-0.1, -0.05) is 32.4 Å². The largest absolute Gasteiger partial charge is 0.496 e. The molecule has 0 radical (unpaired) electrons. The van der Waals surface area contributed by atoms with Gasteiger partial charge in [0.2, 0.25) is 0 Å². The van der Waals surface area contributed by atoms with Crippen LogP contribution >= 0.6 is 0 Å². The number of carboxylic acid groups (broad SMARTS) is 1. The highest BCUT2D eigenvalue weighted by molar-refractivity contribution is 5.88. The van der Waals surface area contributed by atoms with Gasteiger partial charge < -0.3 is 9.84 Å². The van der Waals surface area contributed by atoms with Crippen molar-refractivity contribution in [3.05, 3.63) is 40.0 Å². The van der Waals surface area contributed by atoms with Gasteiger partial charge in [0, 0.05) is 5.57 Å². The van der Waals surface area contributed by atoms with Gasteiger partial charge >= 0.3 is 5.97 Å². The lowest BCUT2D eigenvalue weighted by atomic mass is 9.56. The van der Waals surface area contributed by atoms with Crippen molar-refractivity contribution >= 4 is 5.97 Å². The Morgan fingerprint density at radius 1 is 1.33 bits per heavy atom. The van der Waals surface area contributed by atoms with Crippen LogP contribution in [0.2, 0.25) is 0 Å². The zero-order chi connectivity index (χ0) is 17.6. The summed E-state index contributed by atoms with van der Waals surface area (Å²) in [4.78, 5) is 11.5. The van der Waals surface area contributed by atoms with Gasteiger partial charge in [0.05, 0.1) is 7.11 Å². The molecule has 1 N–H and O–H groups in total. The number of aryl methyl sites for hydroxylation is 1. The third-order valence-electron chi connectivity index (χ3n) is 6.32. The summed E-state index contributed by atoms with van der Waals surface area (Å²) in [6.07, 6.45) is 3.61. The van der Waals surface area contributed by atoms with E-state index in [4.69, 9.17) is 4.74 Å². The second-order valence-electron chi connectivity index (χ2n) is 7.88. The van der Waals surface area contributed by atoms with Gasteiger partial charge in [0.15, 0.2) is 0 Å². The van der Waals surface area contributed by atoms with Crippen LogP contribution in [0.25, 0.3) is 0 Å². The maximum absolute atomic E-state index is 11.5. The average Bonchev–Trinajstić information content (AvgIpc) is 2.53. The summed E-state index contributed by atoms with van der Waals surface area (Å²) >= 11 is 0. The van der Waals surface area contributed by atoms with Gasteiger partial charge in [-0.2, -0.15) is 0 Å². The molecule has 2 atom stereocenters. The summed E-state index contributed by atoms with van der Waals surface area (Å²) in [5, 5.41) is 9.48. The summed E-state index contributed by atoms with van der Waals surface area (Å²) in [6.45, 7) is 8.73. The predicted octanol–water partition coefficient (Wildman–Crippen LogP) is 4.83. The molecule has 0 saturated carbocycles. The van der Waals surface area contributed by atoms with Crippen molar-refractivity contribution in [1.82, 2.24) is 0 Å². The van der Waals surface area contributed by atoms with Crippen molar-refractivity contribution < 1.29 is 14.6 Å². The fourth-order valence-electron chi connectivity index (χ4n) is 4.89. The molecule has 3 rings (SSSR count). The molecule has 2 aliphatic carbocycles. The van der Waals surface area contributed by atoms with E-state index in [1.807, 2.05) is 6.92 Å². The lowest BCUT2D eigenvalue weighted by Crippen LogP contribution is -2.41. The Morgan fingerprint density at radius 3 is 2.62 bits per heavy atom. The number of aliphatic carboxylic acids is 1. The number of hydrogen-bond acceptors (Lipinski definition) is 2. The summed E-state index contributed by atoms with van der Waals surface area (Å²) in [6, 6.07) is 4.56. The third kappa shape index (κ3) is 2.45. The monoisotopic (exact) mass is 328 g/mol. The maximum Gasteiger partial charge on any atom is 0.331 e. The topological polar surface area (TPSA) is 46.5 Å². The van der Waals surface area contributed by atoms with Crippen molar-refractivity contribution in [2.45, 2.75) is 64.7 Å². The molecule has 0 aliphatic heterocycles. The first-order valence-corrected chi connectivity index (χ1v) is 8.93. The fourth-order valence-corrected chi connectivity index (χ4v) is 4.89. The van der Waals surface area contributed by atoms with Crippen LogP contribution in [0.3, 0.4) is 0 Å². The lowest BCUT2D eigenvalue weighted by molar-refractivity contribution is -0.133. The van der Waals surface area contributed by atoms with Gasteiger partial charge in [-0.25, -0.2) is 4.79 Å². The number of rotatable bonds is 3. The number of fused-ring (bicyclic) bond motifs is 3. The van der Waals surface area contributed by atoms with Crippen molar-refractivity contribution in [1.29, 1.82) is 0 Å². The Hall–Kier alpha value is -1.77. The number of methoxy groups -OCH3 is 1. The number of carbonyl (C=O) groups is 1. The third-order valence-corrected chi connectivity index (χ3v) is 6.32. The summed E-state index contributed by atoms with van der Waals surface area (Å²) in [7, 11) is 1.74. The minimum absolute atomic E-state index is 0.0133. The number of carboxylic acids is 1. The lowest BCUT2D eigenvalue weighted by Gasteiger charge is -2.47. The van der Waals surface area contributed by atoms with E-state index in [9.17, 15) is 9.90 Å². The van der Waals surface area contributed by atoms with Crippen LogP contribution in [-0.4, -0.2) is 18.2 Å². The first-order chi connectivity index (χ1) is 11.3. The van der Waals surface area contributed by atoms with Crippen LogP contribution in [0.4, 0.5) is 0 Å². The number of allylic oxidation sites excluding steroid dienone is 1. The smallest absolute Gasteiger partial charge is 0.331 e. The second-order valence-corrected chi connectivity index (χ2v) is 7.88. The Kier molecular flexibility index (Phi) is 4.23. The van der Waals surface area contributed by atoms with E-state index < -0.39 is 5.97 Å². The van der Waals surface area contributed by atoms with Crippen molar-refractivity contribution in [2.75, 3.05) is 7.11 Å². The first-order valence-electron chi connectivity index (χ1n) is 8.93. The molecule has 0 saturated heterocycles. The van der Waals surface area contributed by atoms with Crippen LogP contribution < -0.4 is 4.74 Å². The van der Waals surface area contributed by atoms with E-state index in [0.717, 1.165) is 30.6 Å². The van der Waals surface area contributed by atoms with E-state index >= 15 is 0 Å².